The zero-order valence-electron chi connectivity index (χ0n) is 14.1. The van der Waals surface area contributed by atoms with Crippen molar-refractivity contribution in [2.75, 3.05) is 6.54 Å². The summed E-state index contributed by atoms with van der Waals surface area (Å²) in [6, 6.07) is 7.27. The van der Waals surface area contributed by atoms with Crippen molar-refractivity contribution >= 4 is 15.9 Å². The Morgan fingerprint density at radius 3 is 2.29 bits per heavy atom. The minimum Gasteiger partial charge on any atom is -0.310 e. The molecular formula is C19H32BrN. The fraction of sp³-hybridized carbons (Fsp3) is 0.684. The number of benzene rings is 1. The van der Waals surface area contributed by atoms with Crippen LogP contribution in [0.15, 0.2) is 22.7 Å². The predicted molar refractivity (Wildman–Crippen MR) is 97.9 cm³/mol. The fourth-order valence-electron chi connectivity index (χ4n) is 2.82. The minimum absolute atomic E-state index is 0.512. The first-order chi connectivity index (χ1) is 10.2. The van der Waals surface area contributed by atoms with Crippen LogP contribution in [0.25, 0.3) is 0 Å². The summed E-state index contributed by atoms with van der Waals surface area (Å²) in [6.45, 7) is 7.69. The van der Waals surface area contributed by atoms with Crippen LogP contribution in [0.4, 0.5) is 0 Å². The monoisotopic (exact) mass is 353 g/mol. The summed E-state index contributed by atoms with van der Waals surface area (Å²) in [5.74, 6) is 0. The number of unbranched alkanes of at least 4 members (excludes halogenated alkanes) is 6. The first kappa shape index (κ1) is 18.7. The van der Waals surface area contributed by atoms with Gasteiger partial charge in [0, 0.05) is 10.5 Å². The number of halogens is 1. The van der Waals surface area contributed by atoms with E-state index in [2.05, 4.69) is 60.2 Å². The van der Waals surface area contributed by atoms with E-state index in [-0.39, 0.29) is 0 Å². The number of aryl methyl sites for hydroxylation is 1. The fourth-order valence-corrected chi connectivity index (χ4v) is 3.07. The minimum atomic E-state index is 0.512. The van der Waals surface area contributed by atoms with E-state index in [1.807, 2.05) is 0 Å². The molecule has 1 N–H and O–H groups in total. The molecule has 1 rings (SSSR count). The zero-order chi connectivity index (χ0) is 15.5. The second-order valence-corrected chi connectivity index (χ2v) is 6.88. The van der Waals surface area contributed by atoms with Crippen molar-refractivity contribution in [1.82, 2.24) is 5.32 Å². The Labute approximate surface area is 140 Å². The van der Waals surface area contributed by atoms with Crippen LogP contribution >= 0.6 is 15.9 Å². The second kappa shape index (κ2) is 11.3. The summed E-state index contributed by atoms with van der Waals surface area (Å²) in [7, 11) is 0. The Morgan fingerprint density at radius 1 is 1.00 bits per heavy atom. The third kappa shape index (κ3) is 7.46. The van der Waals surface area contributed by atoms with Crippen molar-refractivity contribution < 1.29 is 0 Å². The lowest BCUT2D eigenvalue weighted by atomic mass is 9.98. The quantitative estimate of drug-likeness (QED) is 0.444. The summed E-state index contributed by atoms with van der Waals surface area (Å²) in [4.78, 5) is 0. The molecule has 1 unspecified atom stereocenters. The zero-order valence-corrected chi connectivity index (χ0v) is 15.6. The van der Waals surface area contributed by atoms with E-state index in [1.165, 1.54) is 67.0 Å². The summed E-state index contributed by atoms with van der Waals surface area (Å²) in [6.07, 6.45) is 10.9. The van der Waals surface area contributed by atoms with E-state index < -0.39 is 0 Å². The van der Waals surface area contributed by atoms with Gasteiger partial charge in [0.2, 0.25) is 0 Å². The van der Waals surface area contributed by atoms with Crippen LogP contribution < -0.4 is 5.32 Å². The topological polar surface area (TPSA) is 12.0 Å². The average molecular weight is 354 g/mol. The molecule has 1 aromatic carbocycles. The van der Waals surface area contributed by atoms with Gasteiger partial charge in [-0.1, -0.05) is 86.9 Å². The van der Waals surface area contributed by atoms with Crippen LogP contribution in [-0.2, 0) is 0 Å². The Balaban J connectivity index is 2.37. The van der Waals surface area contributed by atoms with Crippen molar-refractivity contribution in [3.8, 4) is 0 Å². The molecule has 1 aromatic rings. The third-order valence-corrected chi connectivity index (χ3v) is 5.02. The lowest BCUT2D eigenvalue weighted by molar-refractivity contribution is 0.475. The highest BCUT2D eigenvalue weighted by Crippen LogP contribution is 2.25. The number of rotatable bonds is 11. The molecular weight excluding hydrogens is 322 g/mol. The Bertz CT molecular complexity index is 389. The molecule has 0 saturated carbocycles. The van der Waals surface area contributed by atoms with E-state index in [4.69, 9.17) is 0 Å². The van der Waals surface area contributed by atoms with E-state index in [0.717, 1.165) is 6.54 Å². The summed E-state index contributed by atoms with van der Waals surface area (Å²) < 4.78 is 1.21. The highest BCUT2D eigenvalue weighted by Gasteiger charge is 2.10. The van der Waals surface area contributed by atoms with Gasteiger partial charge in [0.1, 0.15) is 0 Å². The lowest BCUT2D eigenvalue weighted by Crippen LogP contribution is -2.21. The van der Waals surface area contributed by atoms with Crippen LogP contribution in [0.3, 0.4) is 0 Å². The van der Waals surface area contributed by atoms with E-state index in [0.29, 0.717) is 6.04 Å². The van der Waals surface area contributed by atoms with Crippen LogP contribution in [0.2, 0.25) is 0 Å². The van der Waals surface area contributed by atoms with Gasteiger partial charge in [-0.3, -0.25) is 0 Å². The van der Waals surface area contributed by atoms with E-state index in [1.54, 1.807) is 0 Å². The first-order valence-electron chi connectivity index (χ1n) is 8.68. The SMILES string of the molecule is CCCCCCCCCC(NCC)c1ccc(Br)c(C)c1. The predicted octanol–water partition coefficient (Wildman–Crippen LogP) is 6.55. The van der Waals surface area contributed by atoms with E-state index >= 15 is 0 Å². The Kier molecular flexibility index (Phi) is 10.0. The van der Waals surface area contributed by atoms with Crippen molar-refractivity contribution in [2.24, 2.45) is 0 Å². The van der Waals surface area contributed by atoms with Gasteiger partial charge in [-0.25, -0.2) is 0 Å². The molecule has 21 heavy (non-hydrogen) atoms. The molecule has 120 valence electrons. The molecule has 0 heterocycles. The lowest BCUT2D eigenvalue weighted by Gasteiger charge is -2.19. The molecule has 0 saturated heterocycles. The highest BCUT2D eigenvalue weighted by atomic mass is 79.9. The molecule has 0 fully saturated rings. The molecule has 0 amide bonds. The summed E-state index contributed by atoms with van der Waals surface area (Å²) in [5.41, 5.74) is 2.76. The number of hydrogen-bond donors (Lipinski definition) is 1. The molecule has 0 aliphatic rings. The largest absolute Gasteiger partial charge is 0.310 e. The van der Waals surface area contributed by atoms with Crippen LogP contribution in [-0.4, -0.2) is 6.54 Å². The maximum absolute atomic E-state index is 3.64. The van der Waals surface area contributed by atoms with Gasteiger partial charge in [-0.05, 0) is 37.1 Å². The molecule has 0 bridgehead atoms. The summed E-state index contributed by atoms with van der Waals surface area (Å²) >= 11 is 3.59. The first-order valence-corrected chi connectivity index (χ1v) is 9.47. The van der Waals surface area contributed by atoms with Gasteiger partial charge in [0.05, 0.1) is 0 Å². The van der Waals surface area contributed by atoms with Gasteiger partial charge < -0.3 is 5.32 Å². The van der Waals surface area contributed by atoms with Crippen molar-refractivity contribution in [3.63, 3.8) is 0 Å². The highest BCUT2D eigenvalue weighted by molar-refractivity contribution is 9.10. The van der Waals surface area contributed by atoms with E-state index in [9.17, 15) is 0 Å². The molecule has 0 aliphatic carbocycles. The standard InChI is InChI=1S/C19H32BrN/c1-4-6-7-8-9-10-11-12-19(21-5-2)17-13-14-18(20)16(3)15-17/h13-15,19,21H,4-12H2,1-3H3. The molecule has 0 spiro atoms. The number of hydrogen-bond acceptors (Lipinski definition) is 1. The van der Waals surface area contributed by atoms with Crippen molar-refractivity contribution in [3.05, 3.63) is 33.8 Å². The molecule has 0 aliphatic heterocycles. The average Bonchev–Trinajstić information content (AvgIpc) is 2.48. The molecule has 0 aromatic heterocycles. The smallest absolute Gasteiger partial charge is 0.0320 e. The van der Waals surface area contributed by atoms with Crippen molar-refractivity contribution in [2.45, 2.75) is 78.2 Å². The molecule has 1 atom stereocenters. The van der Waals surface area contributed by atoms with Gasteiger partial charge in [-0.15, -0.1) is 0 Å². The second-order valence-electron chi connectivity index (χ2n) is 6.03. The maximum Gasteiger partial charge on any atom is 0.0320 e. The third-order valence-electron chi connectivity index (χ3n) is 4.13. The Morgan fingerprint density at radius 2 is 1.67 bits per heavy atom. The van der Waals surface area contributed by atoms with Crippen LogP contribution in [0.5, 0.6) is 0 Å². The van der Waals surface area contributed by atoms with Gasteiger partial charge in [0.15, 0.2) is 0 Å². The van der Waals surface area contributed by atoms with Gasteiger partial charge in [0.25, 0.3) is 0 Å². The Hall–Kier alpha value is -0.340. The molecule has 1 nitrogen and oxygen atoms in total. The summed E-state index contributed by atoms with van der Waals surface area (Å²) in [5, 5.41) is 3.64. The molecule has 0 radical (unpaired) electrons. The van der Waals surface area contributed by atoms with Gasteiger partial charge in [-0.2, -0.15) is 0 Å². The number of nitrogens with one attached hydrogen (secondary N) is 1. The normalized spacial score (nSPS) is 12.6. The van der Waals surface area contributed by atoms with Crippen molar-refractivity contribution in [1.29, 1.82) is 0 Å². The van der Waals surface area contributed by atoms with Crippen LogP contribution in [0.1, 0.15) is 82.4 Å². The van der Waals surface area contributed by atoms with Gasteiger partial charge >= 0.3 is 0 Å². The van der Waals surface area contributed by atoms with Crippen LogP contribution in [0, 0.1) is 6.92 Å². The maximum atomic E-state index is 3.64. The molecule has 2 heteroatoms.